The molecule has 2 aromatic rings. The van der Waals surface area contributed by atoms with E-state index < -0.39 is 0 Å². The van der Waals surface area contributed by atoms with Crippen molar-refractivity contribution in [2.24, 2.45) is 5.73 Å². The summed E-state index contributed by atoms with van der Waals surface area (Å²) in [5.74, 6) is 0.969. The molecule has 0 atom stereocenters. The van der Waals surface area contributed by atoms with Crippen LogP contribution in [-0.2, 0) is 0 Å². The largest absolute Gasteiger partial charge is 0.330 e. The van der Waals surface area contributed by atoms with Crippen LogP contribution in [0.1, 0.15) is 12.0 Å². The number of aryl methyl sites for hydroxylation is 1. The molecule has 0 fully saturated rings. The zero-order chi connectivity index (χ0) is 12.8. The van der Waals surface area contributed by atoms with Crippen molar-refractivity contribution in [3.8, 4) is 0 Å². The van der Waals surface area contributed by atoms with Crippen LogP contribution < -0.4 is 10.6 Å². The number of pyridine rings is 1. The molecule has 1 aromatic carbocycles. The lowest BCUT2D eigenvalue weighted by Crippen LogP contribution is -2.21. The van der Waals surface area contributed by atoms with Crippen molar-refractivity contribution in [3.05, 3.63) is 54.2 Å². The van der Waals surface area contributed by atoms with Crippen molar-refractivity contribution < 1.29 is 0 Å². The smallest absolute Gasteiger partial charge is 0.132 e. The second-order valence-corrected chi connectivity index (χ2v) is 4.32. The molecule has 0 saturated carbocycles. The molecule has 1 heterocycles. The minimum atomic E-state index is 0.690. The number of nitrogens with zero attached hydrogens (tertiary/aromatic N) is 2. The number of nitrogens with two attached hydrogens (primary N) is 1. The van der Waals surface area contributed by atoms with Gasteiger partial charge in [0.2, 0.25) is 0 Å². The normalized spacial score (nSPS) is 10.3. The lowest BCUT2D eigenvalue weighted by molar-refractivity contribution is 0.810. The summed E-state index contributed by atoms with van der Waals surface area (Å²) in [7, 11) is 0. The van der Waals surface area contributed by atoms with Gasteiger partial charge in [-0.05, 0) is 49.7 Å². The Labute approximate surface area is 108 Å². The van der Waals surface area contributed by atoms with E-state index in [0.29, 0.717) is 6.54 Å². The maximum absolute atomic E-state index is 5.62. The van der Waals surface area contributed by atoms with E-state index in [4.69, 9.17) is 5.73 Å². The molecule has 0 radical (unpaired) electrons. The topological polar surface area (TPSA) is 42.1 Å². The van der Waals surface area contributed by atoms with Crippen LogP contribution in [0, 0.1) is 6.92 Å². The molecule has 0 aliphatic rings. The van der Waals surface area contributed by atoms with Gasteiger partial charge in [0.05, 0.1) is 0 Å². The maximum Gasteiger partial charge on any atom is 0.132 e. The predicted octanol–water partition coefficient (Wildman–Crippen LogP) is 2.88. The van der Waals surface area contributed by atoms with E-state index in [0.717, 1.165) is 18.8 Å². The van der Waals surface area contributed by atoms with Gasteiger partial charge in [0, 0.05) is 18.4 Å². The van der Waals surface area contributed by atoms with E-state index in [9.17, 15) is 0 Å². The summed E-state index contributed by atoms with van der Waals surface area (Å²) in [6.45, 7) is 3.68. The summed E-state index contributed by atoms with van der Waals surface area (Å²) in [5.41, 5.74) is 8.04. The van der Waals surface area contributed by atoms with Crippen LogP contribution in [-0.4, -0.2) is 18.1 Å². The Kier molecular flexibility index (Phi) is 4.31. The molecule has 0 aliphatic heterocycles. The van der Waals surface area contributed by atoms with Gasteiger partial charge in [-0.25, -0.2) is 4.98 Å². The number of hydrogen-bond acceptors (Lipinski definition) is 3. The van der Waals surface area contributed by atoms with Crippen molar-refractivity contribution in [1.29, 1.82) is 0 Å². The lowest BCUT2D eigenvalue weighted by Gasteiger charge is -2.24. The maximum atomic E-state index is 5.62. The highest BCUT2D eigenvalue weighted by atomic mass is 15.2. The van der Waals surface area contributed by atoms with Crippen LogP contribution in [0.4, 0.5) is 11.5 Å². The first-order valence-corrected chi connectivity index (χ1v) is 6.26. The Morgan fingerprint density at radius 3 is 2.72 bits per heavy atom. The highest BCUT2D eigenvalue weighted by molar-refractivity contribution is 5.60. The Morgan fingerprint density at radius 1 is 1.17 bits per heavy atom. The van der Waals surface area contributed by atoms with E-state index in [1.54, 1.807) is 0 Å². The SMILES string of the molecule is Cc1cccc(N(CCCN)c2ccccn2)c1. The fourth-order valence-corrected chi connectivity index (χ4v) is 1.93. The molecule has 2 N–H and O–H groups in total. The van der Waals surface area contributed by atoms with Crippen molar-refractivity contribution in [1.82, 2.24) is 4.98 Å². The van der Waals surface area contributed by atoms with E-state index in [1.165, 1.54) is 11.3 Å². The Bertz CT molecular complexity index is 482. The van der Waals surface area contributed by atoms with Crippen molar-refractivity contribution in [2.45, 2.75) is 13.3 Å². The van der Waals surface area contributed by atoms with Gasteiger partial charge in [-0.15, -0.1) is 0 Å². The standard InChI is InChI=1S/C15H19N3/c1-13-6-4-7-14(12-13)18(11-5-9-16)15-8-2-3-10-17-15/h2-4,6-8,10,12H,5,9,11,16H2,1H3. The van der Waals surface area contributed by atoms with Gasteiger partial charge in [-0.3, -0.25) is 0 Å². The highest BCUT2D eigenvalue weighted by Crippen LogP contribution is 2.24. The fourth-order valence-electron chi connectivity index (χ4n) is 1.93. The lowest BCUT2D eigenvalue weighted by atomic mass is 10.2. The predicted molar refractivity (Wildman–Crippen MR) is 76.1 cm³/mol. The second-order valence-electron chi connectivity index (χ2n) is 4.32. The third-order valence-corrected chi connectivity index (χ3v) is 2.83. The van der Waals surface area contributed by atoms with Crippen molar-refractivity contribution in [3.63, 3.8) is 0 Å². The Morgan fingerprint density at radius 2 is 2.06 bits per heavy atom. The quantitative estimate of drug-likeness (QED) is 0.875. The van der Waals surface area contributed by atoms with E-state index in [2.05, 4.69) is 41.1 Å². The minimum absolute atomic E-state index is 0.690. The molecule has 0 bridgehead atoms. The van der Waals surface area contributed by atoms with E-state index >= 15 is 0 Å². The average molecular weight is 241 g/mol. The fraction of sp³-hybridized carbons (Fsp3) is 0.267. The molecule has 0 aliphatic carbocycles. The number of aromatic nitrogens is 1. The number of rotatable bonds is 5. The second kappa shape index (κ2) is 6.17. The monoisotopic (exact) mass is 241 g/mol. The molecule has 0 spiro atoms. The zero-order valence-corrected chi connectivity index (χ0v) is 10.7. The number of benzene rings is 1. The van der Waals surface area contributed by atoms with E-state index in [-0.39, 0.29) is 0 Å². The van der Waals surface area contributed by atoms with Gasteiger partial charge in [0.1, 0.15) is 5.82 Å². The third kappa shape index (κ3) is 3.08. The molecular weight excluding hydrogens is 222 g/mol. The van der Waals surface area contributed by atoms with Gasteiger partial charge in [0.15, 0.2) is 0 Å². The number of hydrogen-bond donors (Lipinski definition) is 1. The first-order valence-electron chi connectivity index (χ1n) is 6.26. The summed E-state index contributed by atoms with van der Waals surface area (Å²) in [6, 6.07) is 14.4. The van der Waals surface area contributed by atoms with Crippen molar-refractivity contribution in [2.75, 3.05) is 18.0 Å². The van der Waals surface area contributed by atoms with Crippen LogP contribution in [0.2, 0.25) is 0 Å². The van der Waals surface area contributed by atoms with Crippen LogP contribution in [0.3, 0.4) is 0 Å². The molecule has 1 aromatic heterocycles. The van der Waals surface area contributed by atoms with Crippen LogP contribution in [0.15, 0.2) is 48.7 Å². The molecule has 0 amide bonds. The summed E-state index contributed by atoms with van der Waals surface area (Å²) >= 11 is 0. The molecular formula is C15H19N3. The Balaban J connectivity index is 2.31. The van der Waals surface area contributed by atoms with Crippen LogP contribution in [0.5, 0.6) is 0 Å². The highest BCUT2D eigenvalue weighted by Gasteiger charge is 2.09. The first-order chi connectivity index (χ1) is 8.81. The van der Waals surface area contributed by atoms with Crippen LogP contribution in [0.25, 0.3) is 0 Å². The average Bonchev–Trinajstić information content (AvgIpc) is 2.40. The summed E-state index contributed by atoms with van der Waals surface area (Å²) in [5, 5.41) is 0. The zero-order valence-electron chi connectivity index (χ0n) is 10.7. The van der Waals surface area contributed by atoms with Gasteiger partial charge in [-0.1, -0.05) is 18.2 Å². The molecule has 18 heavy (non-hydrogen) atoms. The molecule has 2 rings (SSSR count). The summed E-state index contributed by atoms with van der Waals surface area (Å²) in [4.78, 5) is 6.63. The van der Waals surface area contributed by atoms with Gasteiger partial charge in [-0.2, -0.15) is 0 Å². The summed E-state index contributed by atoms with van der Waals surface area (Å²) in [6.07, 6.45) is 2.77. The molecule has 3 heteroatoms. The molecule has 94 valence electrons. The van der Waals surface area contributed by atoms with E-state index in [1.807, 2.05) is 24.4 Å². The third-order valence-electron chi connectivity index (χ3n) is 2.83. The first kappa shape index (κ1) is 12.6. The Hall–Kier alpha value is -1.87. The van der Waals surface area contributed by atoms with Gasteiger partial charge in [0.25, 0.3) is 0 Å². The number of anilines is 2. The molecule has 0 unspecified atom stereocenters. The molecule has 0 saturated heterocycles. The van der Waals surface area contributed by atoms with Gasteiger partial charge < -0.3 is 10.6 Å². The minimum Gasteiger partial charge on any atom is -0.330 e. The van der Waals surface area contributed by atoms with Crippen molar-refractivity contribution >= 4 is 11.5 Å². The van der Waals surface area contributed by atoms with Gasteiger partial charge >= 0.3 is 0 Å². The van der Waals surface area contributed by atoms with Crippen LogP contribution >= 0.6 is 0 Å². The summed E-state index contributed by atoms with van der Waals surface area (Å²) < 4.78 is 0. The molecule has 3 nitrogen and oxygen atoms in total.